The van der Waals surface area contributed by atoms with Crippen molar-refractivity contribution in [2.45, 2.75) is 32.2 Å². The molecule has 1 fully saturated rings. The van der Waals surface area contributed by atoms with Crippen LogP contribution in [0.3, 0.4) is 0 Å². The highest BCUT2D eigenvalue weighted by molar-refractivity contribution is 6.00. The van der Waals surface area contributed by atoms with Gasteiger partial charge in [0.15, 0.2) is 0 Å². The van der Waals surface area contributed by atoms with Crippen molar-refractivity contribution in [2.24, 2.45) is 5.92 Å². The molecule has 2 aliphatic rings. The number of aromatic nitrogens is 1. The minimum Gasteiger partial charge on any atom is -0.348 e. The summed E-state index contributed by atoms with van der Waals surface area (Å²) in [6.45, 7) is 2.11. The minimum absolute atomic E-state index is 0.123. The van der Waals surface area contributed by atoms with Gasteiger partial charge in [-0.2, -0.15) is 0 Å². The molecule has 5 nitrogen and oxygen atoms in total. The lowest BCUT2D eigenvalue weighted by molar-refractivity contribution is -0.134. The van der Waals surface area contributed by atoms with Crippen molar-refractivity contribution < 1.29 is 9.59 Å². The van der Waals surface area contributed by atoms with Crippen LogP contribution in [-0.2, 0) is 16.1 Å². The van der Waals surface area contributed by atoms with E-state index in [9.17, 15) is 9.59 Å². The normalized spacial score (nSPS) is 20.8. The first-order chi connectivity index (χ1) is 10.8. The molecular weight excluding hydrogens is 278 g/mol. The van der Waals surface area contributed by atoms with Crippen LogP contribution in [0, 0.1) is 5.92 Å². The Morgan fingerprint density at radius 3 is 2.86 bits per heavy atom. The van der Waals surface area contributed by atoms with Crippen molar-refractivity contribution >= 4 is 11.8 Å². The largest absolute Gasteiger partial charge is 0.348 e. The number of allylic oxidation sites excluding steroid dienone is 1. The molecule has 0 aromatic carbocycles. The lowest BCUT2D eigenvalue weighted by atomic mass is 9.99. The summed E-state index contributed by atoms with van der Waals surface area (Å²) in [6.07, 6.45) is 9.06. The predicted octanol–water partition coefficient (Wildman–Crippen LogP) is 1.66. The lowest BCUT2D eigenvalue weighted by Gasteiger charge is -2.21. The fourth-order valence-electron chi connectivity index (χ4n) is 3.16. The molecule has 116 valence electrons. The van der Waals surface area contributed by atoms with Gasteiger partial charge >= 0.3 is 0 Å². The zero-order chi connectivity index (χ0) is 15.4. The van der Waals surface area contributed by atoms with Crippen LogP contribution in [0.5, 0.6) is 0 Å². The Morgan fingerprint density at radius 2 is 2.14 bits per heavy atom. The van der Waals surface area contributed by atoms with Crippen molar-refractivity contribution in [3.05, 3.63) is 41.7 Å². The van der Waals surface area contributed by atoms with E-state index >= 15 is 0 Å². The fraction of sp³-hybridized carbons (Fsp3) is 0.471. The SMILES string of the molecule is O=C(NCc1cccnc1)C1=CCCC1C(=O)N1CCCC1. The van der Waals surface area contributed by atoms with Gasteiger partial charge in [-0.25, -0.2) is 0 Å². The minimum atomic E-state index is -0.257. The van der Waals surface area contributed by atoms with E-state index in [1.165, 1.54) is 0 Å². The van der Waals surface area contributed by atoms with Gasteiger partial charge in [0.05, 0.1) is 5.92 Å². The molecule has 2 amide bonds. The Labute approximate surface area is 130 Å². The van der Waals surface area contributed by atoms with Crippen LogP contribution in [0.2, 0.25) is 0 Å². The van der Waals surface area contributed by atoms with Gasteiger partial charge in [-0.15, -0.1) is 0 Å². The Balaban J connectivity index is 1.60. The standard InChI is InChI=1S/C17H21N3O2/c21-16(19-12-13-5-4-8-18-11-13)14-6-3-7-15(14)17(22)20-9-1-2-10-20/h4-6,8,11,15H,1-3,7,9-10,12H2,(H,19,21). The Hall–Kier alpha value is -2.17. The maximum atomic E-state index is 12.5. The number of carbonyl (C=O) groups excluding carboxylic acids is 2. The molecule has 5 heteroatoms. The summed E-state index contributed by atoms with van der Waals surface area (Å²) < 4.78 is 0. The molecule has 0 saturated carbocycles. The molecule has 0 spiro atoms. The third kappa shape index (κ3) is 3.18. The number of likely N-dealkylation sites (tertiary alicyclic amines) is 1. The molecule has 1 N–H and O–H groups in total. The van der Waals surface area contributed by atoms with Crippen LogP contribution in [0.4, 0.5) is 0 Å². The second kappa shape index (κ2) is 6.73. The van der Waals surface area contributed by atoms with Crippen molar-refractivity contribution in [1.29, 1.82) is 0 Å². The zero-order valence-electron chi connectivity index (χ0n) is 12.6. The summed E-state index contributed by atoms with van der Waals surface area (Å²) in [5, 5.41) is 2.90. The molecule has 1 aromatic rings. The van der Waals surface area contributed by atoms with Crippen molar-refractivity contribution in [3.63, 3.8) is 0 Å². The summed E-state index contributed by atoms with van der Waals surface area (Å²) >= 11 is 0. The summed E-state index contributed by atoms with van der Waals surface area (Å²) in [7, 11) is 0. The molecule has 1 aliphatic heterocycles. The summed E-state index contributed by atoms with van der Waals surface area (Å²) in [6, 6.07) is 3.76. The fourth-order valence-corrected chi connectivity index (χ4v) is 3.16. The number of hydrogen-bond acceptors (Lipinski definition) is 3. The van der Waals surface area contributed by atoms with Gasteiger partial charge in [0.2, 0.25) is 11.8 Å². The molecular formula is C17H21N3O2. The third-order valence-corrected chi connectivity index (χ3v) is 4.35. The molecule has 1 atom stereocenters. The third-order valence-electron chi connectivity index (χ3n) is 4.35. The average Bonchev–Trinajstić information content (AvgIpc) is 3.24. The van der Waals surface area contributed by atoms with Gasteiger partial charge < -0.3 is 10.2 Å². The Morgan fingerprint density at radius 1 is 1.32 bits per heavy atom. The highest BCUT2D eigenvalue weighted by Crippen LogP contribution is 2.29. The number of pyridine rings is 1. The Bertz CT molecular complexity index is 577. The number of amides is 2. The van der Waals surface area contributed by atoms with Crippen LogP contribution in [-0.4, -0.2) is 34.8 Å². The smallest absolute Gasteiger partial charge is 0.247 e. The summed E-state index contributed by atoms with van der Waals surface area (Å²) in [5.41, 5.74) is 1.60. The molecule has 1 aromatic heterocycles. The maximum absolute atomic E-state index is 12.5. The van der Waals surface area contributed by atoms with E-state index in [1.807, 2.05) is 23.1 Å². The molecule has 1 aliphatic carbocycles. The number of rotatable bonds is 4. The molecule has 0 radical (unpaired) electrons. The van der Waals surface area contributed by atoms with Crippen LogP contribution in [0.1, 0.15) is 31.2 Å². The number of hydrogen-bond donors (Lipinski definition) is 1. The monoisotopic (exact) mass is 299 g/mol. The lowest BCUT2D eigenvalue weighted by Crippen LogP contribution is -2.37. The number of nitrogens with one attached hydrogen (secondary N) is 1. The van der Waals surface area contributed by atoms with Gasteiger partial charge in [-0.05, 0) is 37.3 Å². The van der Waals surface area contributed by atoms with Crippen LogP contribution >= 0.6 is 0 Å². The van der Waals surface area contributed by atoms with Crippen molar-refractivity contribution in [2.75, 3.05) is 13.1 Å². The highest BCUT2D eigenvalue weighted by Gasteiger charge is 2.34. The summed E-state index contributed by atoms with van der Waals surface area (Å²) in [4.78, 5) is 30.8. The van der Waals surface area contributed by atoms with E-state index in [1.54, 1.807) is 12.4 Å². The predicted molar refractivity (Wildman–Crippen MR) is 82.7 cm³/mol. The molecule has 3 rings (SSSR count). The van der Waals surface area contributed by atoms with E-state index in [-0.39, 0.29) is 17.7 Å². The quantitative estimate of drug-likeness (QED) is 0.919. The van der Waals surface area contributed by atoms with Crippen molar-refractivity contribution in [1.82, 2.24) is 15.2 Å². The van der Waals surface area contributed by atoms with Gasteiger partial charge in [-0.3, -0.25) is 14.6 Å². The maximum Gasteiger partial charge on any atom is 0.247 e. The van der Waals surface area contributed by atoms with E-state index in [0.29, 0.717) is 12.1 Å². The van der Waals surface area contributed by atoms with Gasteiger partial charge in [0.25, 0.3) is 0 Å². The zero-order valence-corrected chi connectivity index (χ0v) is 12.6. The molecule has 1 unspecified atom stereocenters. The Kier molecular flexibility index (Phi) is 4.51. The number of nitrogens with zero attached hydrogens (tertiary/aromatic N) is 2. The topological polar surface area (TPSA) is 62.3 Å². The van der Waals surface area contributed by atoms with E-state index in [2.05, 4.69) is 10.3 Å². The van der Waals surface area contributed by atoms with Crippen LogP contribution in [0.25, 0.3) is 0 Å². The van der Waals surface area contributed by atoms with Crippen LogP contribution < -0.4 is 5.32 Å². The molecule has 22 heavy (non-hydrogen) atoms. The average molecular weight is 299 g/mol. The van der Waals surface area contributed by atoms with E-state index in [0.717, 1.165) is 44.3 Å². The summed E-state index contributed by atoms with van der Waals surface area (Å²) in [5.74, 6) is -0.260. The van der Waals surface area contributed by atoms with E-state index < -0.39 is 0 Å². The highest BCUT2D eigenvalue weighted by atomic mass is 16.2. The van der Waals surface area contributed by atoms with E-state index in [4.69, 9.17) is 0 Å². The first-order valence-corrected chi connectivity index (χ1v) is 7.91. The number of carbonyl (C=O) groups is 2. The first-order valence-electron chi connectivity index (χ1n) is 7.91. The second-order valence-corrected chi connectivity index (χ2v) is 5.87. The van der Waals surface area contributed by atoms with Gasteiger partial charge in [0, 0.05) is 37.6 Å². The molecule has 0 bridgehead atoms. The molecule has 2 heterocycles. The van der Waals surface area contributed by atoms with Gasteiger partial charge in [-0.1, -0.05) is 12.1 Å². The second-order valence-electron chi connectivity index (χ2n) is 5.87. The van der Waals surface area contributed by atoms with Crippen molar-refractivity contribution in [3.8, 4) is 0 Å². The molecule has 1 saturated heterocycles. The van der Waals surface area contributed by atoms with Crippen LogP contribution in [0.15, 0.2) is 36.2 Å². The first kappa shape index (κ1) is 14.8. The van der Waals surface area contributed by atoms with Gasteiger partial charge in [0.1, 0.15) is 0 Å².